The topological polar surface area (TPSA) is 58.6 Å². The van der Waals surface area contributed by atoms with Gasteiger partial charge in [0.2, 0.25) is 0 Å². The molecule has 4 heteroatoms. The van der Waals surface area contributed by atoms with Crippen molar-refractivity contribution in [3.8, 4) is 5.75 Å². The van der Waals surface area contributed by atoms with Crippen molar-refractivity contribution < 1.29 is 14.6 Å². The highest BCUT2D eigenvalue weighted by Crippen LogP contribution is 2.18. The highest BCUT2D eigenvalue weighted by Gasteiger charge is 2.15. The molecule has 0 bridgehead atoms. The molecule has 1 aromatic carbocycles. The Labute approximate surface area is 108 Å². The first kappa shape index (κ1) is 14.5. The Kier molecular flexibility index (Phi) is 5.65. The molecular formula is C14H21NO3. The number of rotatable bonds is 6. The van der Waals surface area contributed by atoms with Gasteiger partial charge in [0.1, 0.15) is 5.75 Å². The predicted molar refractivity (Wildman–Crippen MR) is 70.9 cm³/mol. The van der Waals surface area contributed by atoms with Gasteiger partial charge in [-0.25, -0.2) is 0 Å². The van der Waals surface area contributed by atoms with E-state index in [0.29, 0.717) is 12.2 Å². The molecule has 0 fully saturated rings. The molecule has 1 aromatic rings. The van der Waals surface area contributed by atoms with Crippen LogP contribution in [-0.2, 0) is 4.74 Å². The molecule has 100 valence electrons. The number of methoxy groups -OCH3 is 1. The largest absolute Gasteiger partial charge is 0.507 e. The number of amides is 1. The lowest BCUT2D eigenvalue weighted by Crippen LogP contribution is -2.38. The van der Waals surface area contributed by atoms with Gasteiger partial charge in [-0.05, 0) is 25.5 Å². The summed E-state index contributed by atoms with van der Waals surface area (Å²) in [4.78, 5) is 12.1. The van der Waals surface area contributed by atoms with Gasteiger partial charge in [-0.3, -0.25) is 4.79 Å². The summed E-state index contributed by atoms with van der Waals surface area (Å²) < 4.78 is 5.07. The number of hydrogen-bond acceptors (Lipinski definition) is 3. The van der Waals surface area contributed by atoms with Crippen LogP contribution in [0.25, 0.3) is 0 Å². The highest BCUT2D eigenvalue weighted by atomic mass is 16.5. The number of carbonyl (C=O) groups is 1. The average molecular weight is 251 g/mol. The molecule has 0 saturated heterocycles. The van der Waals surface area contributed by atoms with Gasteiger partial charge in [-0.15, -0.1) is 0 Å². The third kappa shape index (κ3) is 4.04. The maximum atomic E-state index is 12.1. The van der Waals surface area contributed by atoms with E-state index in [1.807, 2.05) is 6.92 Å². The second-order valence-electron chi connectivity index (χ2n) is 4.44. The summed E-state index contributed by atoms with van der Waals surface area (Å²) in [6, 6.07) is 4.97. The maximum Gasteiger partial charge on any atom is 0.255 e. The zero-order valence-corrected chi connectivity index (χ0v) is 11.2. The van der Waals surface area contributed by atoms with Crippen molar-refractivity contribution >= 4 is 5.91 Å². The van der Waals surface area contributed by atoms with E-state index in [4.69, 9.17) is 4.74 Å². The lowest BCUT2D eigenvalue weighted by Gasteiger charge is -2.17. The number of hydrogen-bond donors (Lipinski definition) is 2. The summed E-state index contributed by atoms with van der Waals surface area (Å²) in [7, 11) is 1.61. The molecule has 2 N–H and O–H groups in total. The van der Waals surface area contributed by atoms with E-state index >= 15 is 0 Å². The van der Waals surface area contributed by atoms with E-state index < -0.39 is 0 Å². The third-order valence-electron chi connectivity index (χ3n) is 2.74. The Morgan fingerprint density at radius 1 is 1.50 bits per heavy atom. The van der Waals surface area contributed by atoms with E-state index in [9.17, 15) is 9.90 Å². The quantitative estimate of drug-likeness (QED) is 0.815. The minimum Gasteiger partial charge on any atom is -0.507 e. The molecule has 0 aliphatic heterocycles. The second-order valence-corrected chi connectivity index (χ2v) is 4.44. The number of nitrogens with one attached hydrogen (secondary N) is 1. The van der Waals surface area contributed by atoms with Crippen LogP contribution in [0.2, 0.25) is 0 Å². The average Bonchev–Trinajstić information content (AvgIpc) is 2.33. The molecule has 18 heavy (non-hydrogen) atoms. The molecule has 1 rings (SSSR count). The number of benzene rings is 1. The fourth-order valence-electron chi connectivity index (χ4n) is 1.84. The van der Waals surface area contributed by atoms with Crippen molar-refractivity contribution in [2.45, 2.75) is 32.7 Å². The molecule has 0 aliphatic rings. The third-order valence-corrected chi connectivity index (χ3v) is 2.74. The van der Waals surface area contributed by atoms with Gasteiger partial charge in [0.25, 0.3) is 5.91 Å². The number of aryl methyl sites for hydroxylation is 1. The molecule has 1 amide bonds. The lowest BCUT2D eigenvalue weighted by molar-refractivity contribution is 0.0889. The molecule has 1 atom stereocenters. The Morgan fingerprint density at radius 3 is 2.83 bits per heavy atom. The first-order valence-corrected chi connectivity index (χ1v) is 6.17. The SMILES string of the molecule is CCCC(COC)NC(=O)c1cc(C)ccc1O. The summed E-state index contributed by atoms with van der Waals surface area (Å²) in [5, 5.41) is 12.6. The van der Waals surface area contributed by atoms with Gasteiger partial charge in [-0.2, -0.15) is 0 Å². The molecule has 1 unspecified atom stereocenters. The second kappa shape index (κ2) is 7.01. The number of aromatic hydroxyl groups is 1. The molecule has 0 radical (unpaired) electrons. The Bertz CT molecular complexity index is 398. The molecule has 0 aromatic heterocycles. The van der Waals surface area contributed by atoms with Crippen molar-refractivity contribution in [2.75, 3.05) is 13.7 Å². The minimum atomic E-state index is -0.258. The summed E-state index contributed by atoms with van der Waals surface area (Å²) in [6.07, 6.45) is 1.82. The van der Waals surface area contributed by atoms with Crippen molar-refractivity contribution in [3.05, 3.63) is 29.3 Å². The molecule has 0 heterocycles. The maximum absolute atomic E-state index is 12.1. The van der Waals surface area contributed by atoms with Crippen molar-refractivity contribution in [3.63, 3.8) is 0 Å². The number of phenols is 1. The molecule has 4 nitrogen and oxygen atoms in total. The summed E-state index contributed by atoms with van der Waals surface area (Å²) in [6.45, 7) is 4.42. The van der Waals surface area contributed by atoms with Crippen LogP contribution in [0.5, 0.6) is 5.75 Å². The number of phenolic OH excluding ortho intramolecular Hbond substituents is 1. The van der Waals surface area contributed by atoms with Crippen molar-refractivity contribution in [1.29, 1.82) is 0 Å². The van der Waals surface area contributed by atoms with Gasteiger partial charge in [-0.1, -0.05) is 25.0 Å². The summed E-state index contributed by atoms with van der Waals surface area (Å²) >= 11 is 0. The molecule has 0 spiro atoms. The van der Waals surface area contributed by atoms with Crippen LogP contribution in [-0.4, -0.2) is 30.8 Å². The monoisotopic (exact) mass is 251 g/mol. The van der Waals surface area contributed by atoms with Crippen LogP contribution in [0, 0.1) is 6.92 Å². The van der Waals surface area contributed by atoms with Gasteiger partial charge < -0.3 is 15.2 Å². The first-order chi connectivity index (χ1) is 8.58. The molecular weight excluding hydrogens is 230 g/mol. The van der Waals surface area contributed by atoms with Crippen LogP contribution in [0.4, 0.5) is 0 Å². The van der Waals surface area contributed by atoms with Crippen LogP contribution >= 0.6 is 0 Å². The predicted octanol–water partition coefficient (Wildman–Crippen LogP) is 2.25. The van der Waals surface area contributed by atoms with Crippen molar-refractivity contribution in [2.24, 2.45) is 0 Å². The fraction of sp³-hybridized carbons (Fsp3) is 0.500. The Hall–Kier alpha value is -1.55. The fourth-order valence-corrected chi connectivity index (χ4v) is 1.84. The summed E-state index contributed by atoms with van der Waals surface area (Å²) in [5.41, 5.74) is 1.25. The first-order valence-electron chi connectivity index (χ1n) is 6.17. The van der Waals surface area contributed by atoms with Crippen LogP contribution in [0.3, 0.4) is 0 Å². The summed E-state index contributed by atoms with van der Waals surface area (Å²) in [5.74, 6) is -0.252. The van der Waals surface area contributed by atoms with E-state index in [0.717, 1.165) is 18.4 Å². The zero-order valence-electron chi connectivity index (χ0n) is 11.2. The van der Waals surface area contributed by atoms with E-state index in [-0.39, 0.29) is 17.7 Å². The van der Waals surface area contributed by atoms with Crippen LogP contribution in [0.1, 0.15) is 35.7 Å². The minimum absolute atomic E-state index is 0.00534. The van der Waals surface area contributed by atoms with Gasteiger partial charge in [0.05, 0.1) is 18.2 Å². The number of ether oxygens (including phenoxy) is 1. The van der Waals surface area contributed by atoms with Gasteiger partial charge in [0.15, 0.2) is 0 Å². The number of carbonyl (C=O) groups excluding carboxylic acids is 1. The van der Waals surface area contributed by atoms with Crippen molar-refractivity contribution in [1.82, 2.24) is 5.32 Å². The normalized spacial score (nSPS) is 12.2. The standard InChI is InChI=1S/C14H21NO3/c1-4-5-11(9-18-3)15-14(17)12-8-10(2)6-7-13(12)16/h6-8,11,16H,4-5,9H2,1-3H3,(H,15,17). The van der Waals surface area contributed by atoms with E-state index in [1.165, 1.54) is 6.07 Å². The van der Waals surface area contributed by atoms with Crippen LogP contribution < -0.4 is 5.32 Å². The smallest absolute Gasteiger partial charge is 0.255 e. The Balaban J connectivity index is 2.76. The van der Waals surface area contributed by atoms with Gasteiger partial charge in [0, 0.05) is 7.11 Å². The Morgan fingerprint density at radius 2 is 2.22 bits per heavy atom. The highest BCUT2D eigenvalue weighted by molar-refractivity contribution is 5.97. The van der Waals surface area contributed by atoms with Crippen LogP contribution in [0.15, 0.2) is 18.2 Å². The van der Waals surface area contributed by atoms with E-state index in [1.54, 1.807) is 19.2 Å². The zero-order chi connectivity index (χ0) is 13.5. The molecule has 0 aliphatic carbocycles. The van der Waals surface area contributed by atoms with E-state index in [2.05, 4.69) is 12.2 Å². The molecule has 0 saturated carbocycles. The lowest BCUT2D eigenvalue weighted by atomic mass is 10.1. The van der Waals surface area contributed by atoms with Gasteiger partial charge >= 0.3 is 0 Å².